The molecule has 0 unspecified atom stereocenters. The summed E-state index contributed by atoms with van der Waals surface area (Å²) >= 11 is 5.55. The predicted molar refractivity (Wildman–Crippen MR) is 68.0 cm³/mol. The molecular weight excluding hydrogens is 263 g/mol. The lowest BCUT2D eigenvalue weighted by Crippen LogP contribution is -2.35. The van der Waals surface area contributed by atoms with Crippen LogP contribution in [-0.4, -0.2) is 30.0 Å². The summed E-state index contributed by atoms with van der Waals surface area (Å²) in [5, 5.41) is 0. The molecule has 5 heteroatoms. The second-order valence-corrected chi connectivity index (χ2v) is 4.82. The van der Waals surface area contributed by atoms with E-state index < -0.39 is 12.7 Å². The maximum atomic E-state index is 12.4. The SMILES string of the molecule is Cc1ccc(C)c(CN(CCCl)CC(F)(F)F)c1. The number of hydrogen-bond acceptors (Lipinski definition) is 1. The smallest absolute Gasteiger partial charge is 0.289 e. The number of halogens is 4. The van der Waals surface area contributed by atoms with E-state index in [1.165, 1.54) is 4.90 Å². The van der Waals surface area contributed by atoms with Crippen LogP contribution in [0, 0.1) is 13.8 Å². The summed E-state index contributed by atoms with van der Waals surface area (Å²) in [4.78, 5) is 1.33. The molecule has 102 valence electrons. The van der Waals surface area contributed by atoms with Crippen molar-refractivity contribution in [1.82, 2.24) is 4.90 Å². The van der Waals surface area contributed by atoms with E-state index in [2.05, 4.69) is 0 Å². The normalized spacial score (nSPS) is 12.2. The maximum absolute atomic E-state index is 12.4. The summed E-state index contributed by atoms with van der Waals surface area (Å²) in [5.41, 5.74) is 2.97. The van der Waals surface area contributed by atoms with Crippen LogP contribution in [0.3, 0.4) is 0 Å². The minimum atomic E-state index is -4.19. The molecule has 18 heavy (non-hydrogen) atoms. The van der Waals surface area contributed by atoms with Crippen molar-refractivity contribution in [2.75, 3.05) is 19.0 Å². The zero-order chi connectivity index (χ0) is 13.8. The quantitative estimate of drug-likeness (QED) is 0.739. The second-order valence-electron chi connectivity index (χ2n) is 4.44. The van der Waals surface area contributed by atoms with Gasteiger partial charge in [-0.1, -0.05) is 23.8 Å². The van der Waals surface area contributed by atoms with Gasteiger partial charge in [-0.25, -0.2) is 0 Å². The molecule has 0 bridgehead atoms. The van der Waals surface area contributed by atoms with Gasteiger partial charge in [0.1, 0.15) is 0 Å². The summed E-state index contributed by atoms with van der Waals surface area (Å²) in [5.74, 6) is 0.195. The molecule has 0 aliphatic heterocycles. The van der Waals surface area contributed by atoms with Gasteiger partial charge in [-0.15, -0.1) is 11.6 Å². The van der Waals surface area contributed by atoms with Crippen LogP contribution in [0.25, 0.3) is 0 Å². The molecule has 0 amide bonds. The van der Waals surface area contributed by atoms with Crippen molar-refractivity contribution in [2.45, 2.75) is 26.6 Å². The summed E-state index contributed by atoms with van der Waals surface area (Å²) in [6, 6.07) is 5.80. The Kier molecular flexibility index (Phi) is 5.47. The Hall–Kier alpha value is -0.740. The van der Waals surface area contributed by atoms with E-state index in [1.54, 1.807) is 0 Å². The molecule has 1 aromatic rings. The van der Waals surface area contributed by atoms with E-state index in [9.17, 15) is 13.2 Å². The van der Waals surface area contributed by atoms with Crippen LogP contribution in [0.5, 0.6) is 0 Å². The molecule has 0 aliphatic carbocycles. The van der Waals surface area contributed by atoms with Crippen molar-refractivity contribution in [1.29, 1.82) is 0 Å². The van der Waals surface area contributed by atoms with Crippen LogP contribution in [-0.2, 0) is 6.54 Å². The molecule has 0 heterocycles. The lowest BCUT2D eigenvalue weighted by molar-refractivity contribution is -0.146. The molecule has 0 aromatic heterocycles. The number of aryl methyl sites for hydroxylation is 2. The Morgan fingerprint density at radius 3 is 2.44 bits per heavy atom. The van der Waals surface area contributed by atoms with Gasteiger partial charge in [0.25, 0.3) is 0 Å². The Labute approximate surface area is 111 Å². The molecule has 1 nitrogen and oxygen atoms in total. The number of rotatable bonds is 5. The molecule has 0 radical (unpaired) electrons. The standard InChI is InChI=1S/C13H17ClF3N/c1-10-3-4-11(2)12(7-10)8-18(6-5-14)9-13(15,16)17/h3-4,7H,5-6,8-9H2,1-2H3. The molecule has 1 aromatic carbocycles. The first-order valence-electron chi connectivity index (χ1n) is 5.73. The van der Waals surface area contributed by atoms with Gasteiger partial charge >= 0.3 is 6.18 Å². The van der Waals surface area contributed by atoms with Gasteiger partial charge in [0.05, 0.1) is 6.54 Å². The van der Waals surface area contributed by atoms with Gasteiger partial charge in [-0.3, -0.25) is 4.90 Å². The Bertz CT molecular complexity index is 390. The van der Waals surface area contributed by atoms with E-state index in [0.29, 0.717) is 0 Å². The minimum absolute atomic E-state index is 0.195. The van der Waals surface area contributed by atoms with Crippen LogP contribution in [0.4, 0.5) is 13.2 Å². The topological polar surface area (TPSA) is 3.24 Å². The Morgan fingerprint density at radius 2 is 1.89 bits per heavy atom. The van der Waals surface area contributed by atoms with Gasteiger partial charge in [0, 0.05) is 19.0 Å². The summed E-state index contributed by atoms with van der Waals surface area (Å²) in [7, 11) is 0. The lowest BCUT2D eigenvalue weighted by Gasteiger charge is -2.23. The second kappa shape index (κ2) is 6.43. The molecule has 0 saturated carbocycles. The van der Waals surface area contributed by atoms with Gasteiger partial charge in [0.15, 0.2) is 0 Å². The third-order valence-electron chi connectivity index (χ3n) is 2.70. The first kappa shape index (κ1) is 15.3. The molecular formula is C13H17ClF3N. The summed E-state index contributed by atoms with van der Waals surface area (Å²) in [6.07, 6.45) is -4.19. The van der Waals surface area contributed by atoms with E-state index in [1.807, 2.05) is 32.0 Å². The van der Waals surface area contributed by atoms with Crippen molar-refractivity contribution in [3.63, 3.8) is 0 Å². The first-order chi connectivity index (χ1) is 8.31. The third-order valence-corrected chi connectivity index (χ3v) is 2.87. The van der Waals surface area contributed by atoms with Gasteiger partial charge in [0.2, 0.25) is 0 Å². The summed E-state index contributed by atoms with van der Waals surface area (Å²) in [6.45, 7) is 3.42. The van der Waals surface area contributed by atoms with Crippen LogP contribution in [0.2, 0.25) is 0 Å². The Morgan fingerprint density at radius 1 is 1.22 bits per heavy atom. The Balaban J connectivity index is 2.79. The predicted octanol–water partition coefficient (Wildman–Crippen LogP) is 3.91. The fourth-order valence-corrected chi connectivity index (χ4v) is 2.04. The van der Waals surface area contributed by atoms with Crippen molar-refractivity contribution < 1.29 is 13.2 Å². The van der Waals surface area contributed by atoms with E-state index in [0.717, 1.165) is 16.7 Å². The van der Waals surface area contributed by atoms with Crippen molar-refractivity contribution in [2.24, 2.45) is 0 Å². The average molecular weight is 280 g/mol. The molecule has 0 aliphatic rings. The zero-order valence-corrected chi connectivity index (χ0v) is 11.3. The fourth-order valence-electron chi connectivity index (χ4n) is 1.80. The van der Waals surface area contributed by atoms with Gasteiger partial charge in [-0.05, 0) is 25.0 Å². The van der Waals surface area contributed by atoms with Crippen LogP contribution < -0.4 is 0 Å². The fraction of sp³-hybridized carbons (Fsp3) is 0.538. The first-order valence-corrected chi connectivity index (χ1v) is 6.26. The van der Waals surface area contributed by atoms with Crippen LogP contribution in [0.1, 0.15) is 16.7 Å². The van der Waals surface area contributed by atoms with Gasteiger partial charge in [-0.2, -0.15) is 13.2 Å². The van der Waals surface area contributed by atoms with Crippen molar-refractivity contribution in [3.8, 4) is 0 Å². The van der Waals surface area contributed by atoms with Crippen molar-refractivity contribution in [3.05, 3.63) is 34.9 Å². The molecule has 0 N–H and O–H groups in total. The monoisotopic (exact) mass is 279 g/mol. The molecule has 0 atom stereocenters. The van der Waals surface area contributed by atoms with Gasteiger partial charge < -0.3 is 0 Å². The van der Waals surface area contributed by atoms with E-state index >= 15 is 0 Å². The van der Waals surface area contributed by atoms with Crippen LogP contribution >= 0.6 is 11.6 Å². The number of benzene rings is 1. The van der Waals surface area contributed by atoms with E-state index in [-0.39, 0.29) is 19.0 Å². The highest BCUT2D eigenvalue weighted by atomic mass is 35.5. The molecule has 0 spiro atoms. The molecule has 0 fully saturated rings. The number of alkyl halides is 4. The highest BCUT2D eigenvalue weighted by Gasteiger charge is 2.30. The average Bonchev–Trinajstić information content (AvgIpc) is 2.21. The number of hydrogen-bond donors (Lipinski definition) is 0. The number of nitrogens with zero attached hydrogens (tertiary/aromatic N) is 1. The van der Waals surface area contributed by atoms with Crippen LogP contribution in [0.15, 0.2) is 18.2 Å². The molecule has 0 saturated heterocycles. The lowest BCUT2D eigenvalue weighted by atomic mass is 10.1. The highest BCUT2D eigenvalue weighted by Crippen LogP contribution is 2.19. The molecule has 1 rings (SSSR count). The van der Waals surface area contributed by atoms with E-state index in [4.69, 9.17) is 11.6 Å². The largest absolute Gasteiger partial charge is 0.401 e. The van der Waals surface area contributed by atoms with Crippen molar-refractivity contribution >= 4 is 11.6 Å². The maximum Gasteiger partial charge on any atom is 0.401 e. The minimum Gasteiger partial charge on any atom is -0.289 e. The third kappa shape index (κ3) is 5.27. The summed E-state index contributed by atoms with van der Waals surface area (Å²) < 4.78 is 37.3. The highest BCUT2D eigenvalue weighted by molar-refractivity contribution is 6.18. The zero-order valence-electron chi connectivity index (χ0n) is 10.5.